The van der Waals surface area contributed by atoms with Gasteiger partial charge in [-0.1, -0.05) is 6.08 Å². The van der Waals surface area contributed by atoms with Crippen molar-refractivity contribution < 1.29 is 24.2 Å². The zero-order valence-electron chi connectivity index (χ0n) is 8.86. The highest BCUT2D eigenvalue weighted by Gasteiger charge is 2.14. The highest BCUT2D eigenvalue weighted by molar-refractivity contribution is 5.95. The zero-order chi connectivity index (χ0) is 12.6. The van der Waals surface area contributed by atoms with E-state index >= 15 is 0 Å². The predicted octanol–water partition coefficient (Wildman–Crippen LogP) is -0.512. The number of imide groups is 1. The largest absolute Gasteiger partial charge is 0.479 e. The van der Waals surface area contributed by atoms with Gasteiger partial charge >= 0.3 is 12.0 Å². The fourth-order valence-electron chi connectivity index (χ4n) is 0.644. The molecule has 0 aromatic carbocycles. The Morgan fingerprint density at radius 3 is 2.62 bits per heavy atom. The van der Waals surface area contributed by atoms with E-state index in [0.717, 1.165) is 0 Å². The van der Waals surface area contributed by atoms with Gasteiger partial charge in [-0.05, 0) is 6.92 Å². The number of ether oxygens (including phenoxy) is 1. The van der Waals surface area contributed by atoms with Crippen LogP contribution in [0.4, 0.5) is 4.79 Å². The van der Waals surface area contributed by atoms with Gasteiger partial charge in [0.1, 0.15) is 6.61 Å². The van der Waals surface area contributed by atoms with Crippen LogP contribution in [0.5, 0.6) is 0 Å². The molecule has 16 heavy (non-hydrogen) atoms. The van der Waals surface area contributed by atoms with E-state index < -0.39 is 30.6 Å². The minimum atomic E-state index is -1.18. The van der Waals surface area contributed by atoms with Crippen molar-refractivity contribution in [1.82, 2.24) is 10.6 Å². The van der Waals surface area contributed by atoms with Crippen LogP contribution in [-0.2, 0) is 14.3 Å². The zero-order valence-corrected chi connectivity index (χ0v) is 8.86. The molecule has 0 bridgehead atoms. The molecule has 0 aliphatic rings. The Bertz CT molecular complexity index is 290. The summed E-state index contributed by atoms with van der Waals surface area (Å²) in [7, 11) is 0. The summed E-state index contributed by atoms with van der Waals surface area (Å²) in [4.78, 5) is 32.3. The highest BCUT2D eigenvalue weighted by atomic mass is 16.5. The maximum atomic E-state index is 11.0. The lowest BCUT2D eigenvalue weighted by Crippen LogP contribution is -2.41. The molecule has 0 saturated carbocycles. The number of aliphatic carboxylic acids is 1. The van der Waals surface area contributed by atoms with Gasteiger partial charge in [-0.3, -0.25) is 10.1 Å². The Hall–Kier alpha value is -1.89. The van der Waals surface area contributed by atoms with E-state index in [4.69, 9.17) is 5.11 Å². The molecule has 90 valence electrons. The van der Waals surface area contributed by atoms with E-state index in [0.29, 0.717) is 0 Å². The van der Waals surface area contributed by atoms with Crippen LogP contribution in [0.3, 0.4) is 0 Å². The molecular weight excluding hydrogens is 216 g/mol. The average molecular weight is 230 g/mol. The molecule has 0 aliphatic carbocycles. The molecule has 0 radical (unpaired) electrons. The number of carbonyl (C=O) groups excluding carboxylic acids is 2. The minimum Gasteiger partial charge on any atom is -0.479 e. The molecule has 0 saturated heterocycles. The fourth-order valence-corrected chi connectivity index (χ4v) is 0.644. The van der Waals surface area contributed by atoms with Gasteiger partial charge in [0.25, 0.3) is 5.91 Å². The lowest BCUT2D eigenvalue weighted by Gasteiger charge is -2.08. The maximum absolute atomic E-state index is 11.0. The Morgan fingerprint density at radius 2 is 2.12 bits per heavy atom. The molecule has 0 spiro atoms. The molecule has 3 amide bonds. The number of carboxylic acids is 1. The highest BCUT2D eigenvalue weighted by Crippen LogP contribution is 1.89. The Kier molecular flexibility index (Phi) is 6.53. The van der Waals surface area contributed by atoms with Crippen LogP contribution in [0.2, 0.25) is 0 Å². The van der Waals surface area contributed by atoms with E-state index in [1.54, 1.807) is 0 Å². The van der Waals surface area contributed by atoms with Gasteiger partial charge in [0, 0.05) is 6.54 Å². The van der Waals surface area contributed by atoms with Gasteiger partial charge in [0.15, 0.2) is 6.10 Å². The van der Waals surface area contributed by atoms with Gasteiger partial charge in [-0.15, -0.1) is 6.58 Å². The van der Waals surface area contributed by atoms with Crippen molar-refractivity contribution in [2.45, 2.75) is 13.0 Å². The predicted molar refractivity (Wildman–Crippen MR) is 54.8 cm³/mol. The van der Waals surface area contributed by atoms with E-state index in [-0.39, 0.29) is 6.54 Å². The number of hydrogen-bond acceptors (Lipinski definition) is 4. The third kappa shape index (κ3) is 6.55. The summed E-state index contributed by atoms with van der Waals surface area (Å²) in [5.74, 6) is -1.89. The molecule has 7 heteroatoms. The third-order valence-electron chi connectivity index (χ3n) is 1.47. The van der Waals surface area contributed by atoms with Crippen molar-refractivity contribution in [2.24, 2.45) is 0 Å². The Balaban J connectivity index is 3.78. The van der Waals surface area contributed by atoms with Crippen molar-refractivity contribution in [3.8, 4) is 0 Å². The summed E-state index contributed by atoms with van der Waals surface area (Å²) in [6, 6.07) is -0.684. The fraction of sp³-hybridized carbons (Fsp3) is 0.444. The number of nitrogens with one attached hydrogen (secondary N) is 2. The van der Waals surface area contributed by atoms with Crippen LogP contribution < -0.4 is 10.6 Å². The SMILES string of the molecule is C=CCNC(=O)NC(=O)CO[C@H](C)C(=O)O. The second kappa shape index (κ2) is 7.41. The number of rotatable bonds is 6. The Morgan fingerprint density at radius 1 is 1.50 bits per heavy atom. The lowest BCUT2D eigenvalue weighted by molar-refractivity contribution is -0.150. The van der Waals surface area contributed by atoms with Crippen LogP contribution in [0, 0.1) is 0 Å². The molecule has 0 aromatic rings. The van der Waals surface area contributed by atoms with E-state index in [2.05, 4.69) is 16.6 Å². The molecule has 0 fully saturated rings. The van der Waals surface area contributed by atoms with Gasteiger partial charge in [-0.2, -0.15) is 0 Å². The number of amides is 3. The first kappa shape index (κ1) is 14.1. The molecular formula is C9H14N2O5. The van der Waals surface area contributed by atoms with Crippen molar-refractivity contribution in [3.63, 3.8) is 0 Å². The van der Waals surface area contributed by atoms with Crippen LogP contribution in [0.1, 0.15) is 6.92 Å². The average Bonchev–Trinajstić information content (AvgIpc) is 2.22. The summed E-state index contributed by atoms with van der Waals surface area (Å²) in [5, 5.41) is 12.7. The van der Waals surface area contributed by atoms with Crippen molar-refractivity contribution >= 4 is 17.9 Å². The smallest absolute Gasteiger partial charge is 0.332 e. The summed E-state index contributed by atoms with van der Waals surface area (Å²) in [5.41, 5.74) is 0. The Labute approximate surface area is 92.5 Å². The summed E-state index contributed by atoms with van der Waals surface area (Å²) in [6.07, 6.45) is 0.356. The van der Waals surface area contributed by atoms with Gasteiger partial charge in [-0.25, -0.2) is 9.59 Å². The van der Waals surface area contributed by atoms with E-state index in [9.17, 15) is 14.4 Å². The maximum Gasteiger partial charge on any atom is 0.332 e. The molecule has 0 heterocycles. The molecule has 0 rings (SSSR count). The van der Waals surface area contributed by atoms with Gasteiger partial charge < -0.3 is 15.2 Å². The van der Waals surface area contributed by atoms with Crippen molar-refractivity contribution in [3.05, 3.63) is 12.7 Å². The normalized spacial score (nSPS) is 11.3. The second-order valence-corrected chi connectivity index (χ2v) is 2.84. The minimum absolute atomic E-state index is 0.228. The summed E-state index contributed by atoms with van der Waals surface area (Å²) in [6.45, 7) is 4.40. The summed E-state index contributed by atoms with van der Waals surface area (Å²) < 4.78 is 4.66. The molecule has 1 atom stereocenters. The lowest BCUT2D eigenvalue weighted by atomic mass is 10.4. The van der Waals surface area contributed by atoms with Crippen LogP contribution in [-0.4, -0.2) is 42.3 Å². The third-order valence-corrected chi connectivity index (χ3v) is 1.47. The number of urea groups is 1. The molecule has 0 aromatic heterocycles. The van der Waals surface area contributed by atoms with Gasteiger partial charge in [0.2, 0.25) is 0 Å². The van der Waals surface area contributed by atoms with Crippen LogP contribution in [0.25, 0.3) is 0 Å². The number of carboxylic acid groups (broad SMARTS) is 1. The van der Waals surface area contributed by atoms with Crippen LogP contribution >= 0.6 is 0 Å². The second-order valence-electron chi connectivity index (χ2n) is 2.84. The monoisotopic (exact) mass is 230 g/mol. The van der Waals surface area contributed by atoms with E-state index in [1.165, 1.54) is 13.0 Å². The van der Waals surface area contributed by atoms with Crippen LogP contribution in [0.15, 0.2) is 12.7 Å². The molecule has 7 nitrogen and oxygen atoms in total. The first-order chi connectivity index (χ1) is 7.47. The van der Waals surface area contributed by atoms with Gasteiger partial charge in [0.05, 0.1) is 0 Å². The van der Waals surface area contributed by atoms with Crippen molar-refractivity contribution in [2.75, 3.05) is 13.2 Å². The molecule has 3 N–H and O–H groups in total. The van der Waals surface area contributed by atoms with Crippen molar-refractivity contribution in [1.29, 1.82) is 0 Å². The number of carbonyl (C=O) groups is 3. The molecule has 0 unspecified atom stereocenters. The first-order valence-electron chi connectivity index (χ1n) is 4.50. The van der Waals surface area contributed by atoms with E-state index in [1.807, 2.05) is 5.32 Å². The molecule has 0 aliphatic heterocycles. The quantitative estimate of drug-likeness (QED) is 0.533. The topological polar surface area (TPSA) is 105 Å². The number of hydrogen-bond donors (Lipinski definition) is 3. The first-order valence-corrected chi connectivity index (χ1v) is 4.50. The standard InChI is InChI=1S/C9H14N2O5/c1-3-4-10-9(15)11-7(12)5-16-6(2)8(13)14/h3,6H,1,4-5H2,2H3,(H,13,14)(H2,10,11,12,15)/t6-/m1/s1. The summed E-state index contributed by atoms with van der Waals surface area (Å²) >= 11 is 0.